The highest BCUT2D eigenvalue weighted by Crippen LogP contribution is 2.19. The summed E-state index contributed by atoms with van der Waals surface area (Å²) in [6.45, 7) is 2.60. The molecule has 23 heavy (non-hydrogen) atoms. The van der Waals surface area contributed by atoms with Crippen molar-refractivity contribution in [1.29, 1.82) is 0 Å². The van der Waals surface area contributed by atoms with Crippen LogP contribution >= 0.6 is 11.3 Å². The number of carbonyl (C=O) groups excluding carboxylic acids is 2. The molecule has 2 N–H and O–H groups in total. The molecule has 2 heterocycles. The van der Waals surface area contributed by atoms with Gasteiger partial charge in [0.05, 0.1) is 0 Å². The number of amides is 3. The Balaban J connectivity index is 1.90. The molecular weight excluding hydrogens is 312 g/mol. The topological polar surface area (TPSA) is 74.3 Å². The van der Waals surface area contributed by atoms with Crippen LogP contribution in [0.1, 0.15) is 28.2 Å². The zero-order valence-electron chi connectivity index (χ0n) is 13.4. The Labute approximate surface area is 139 Å². The molecule has 0 unspecified atom stereocenters. The van der Waals surface area contributed by atoms with E-state index in [1.807, 2.05) is 11.4 Å². The van der Waals surface area contributed by atoms with E-state index in [0.29, 0.717) is 17.9 Å². The molecule has 0 saturated heterocycles. The lowest BCUT2D eigenvalue weighted by Crippen LogP contribution is -2.31. The SMILES string of the molecule is C[C@H](CNC(=O)Nc1ccnc(C(=O)N(C)C)c1)c1cccs1. The number of nitrogens with one attached hydrogen (secondary N) is 2. The van der Waals surface area contributed by atoms with E-state index in [1.54, 1.807) is 37.6 Å². The standard InChI is InChI=1S/C16H20N4O2S/c1-11(14-5-4-8-23-14)10-18-16(22)19-12-6-7-17-13(9-12)15(21)20(2)3/h4-9,11H,10H2,1-3H3,(H2,17,18,19,22)/t11-/m1/s1. The summed E-state index contributed by atoms with van der Waals surface area (Å²) in [5.41, 5.74) is 0.825. The van der Waals surface area contributed by atoms with Crippen molar-refractivity contribution in [3.05, 3.63) is 46.4 Å². The predicted molar refractivity (Wildman–Crippen MR) is 92.0 cm³/mol. The van der Waals surface area contributed by atoms with E-state index in [0.717, 1.165) is 0 Å². The van der Waals surface area contributed by atoms with Gasteiger partial charge in [-0.3, -0.25) is 9.78 Å². The predicted octanol–water partition coefficient (Wildman–Crippen LogP) is 2.77. The van der Waals surface area contributed by atoms with Crippen molar-refractivity contribution in [2.75, 3.05) is 26.0 Å². The van der Waals surface area contributed by atoms with Crippen molar-refractivity contribution in [2.24, 2.45) is 0 Å². The number of carbonyl (C=O) groups is 2. The molecule has 0 fully saturated rings. The van der Waals surface area contributed by atoms with Gasteiger partial charge in [0, 0.05) is 43.3 Å². The number of hydrogen-bond donors (Lipinski definition) is 2. The fourth-order valence-corrected chi connectivity index (χ4v) is 2.73. The number of urea groups is 1. The van der Waals surface area contributed by atoms with Crippen LogP contribution in [-0.2, 0) is 0 Å². The fourth-order valence-electron chi connectivity index (χ4n) is 1.95. The summed E-state index contributed by atoms with van der Waals surface area (Å²) < 4.78 is 0. The van der Waals surface area contributed by atoms with Crippen molar-refractivity contribution in [3.8, 4) is 0 Å². The maximum Gasteiger partial charge on any atom is 0.319 e. The van der Waals surface area contributed by atoms with Gasteiger partial charge in [0.15, 0.2) is 0 Å². The Morgan fingerprint density at radius 3 is 2.78 bits per heavy atom. The molecule has 122 valence electrons. The number of rotatable bonds is 5. The Morgan fingerprint density at radius 2 is 2.13 bits per heavy atom. The average Bonchev–Trinajstić information content (AvgIpc) is 3.06. The lowest BCUT2D eigenvalue weighted by Gasteiger charge is -2.13. The maximum atomic E-state index is 12.0. The van der Waals surface area contributed by atoms with Gasteiger partial charge in [-0.15, -0.1) is 11.3 Å². The van der Waals surface area contributed by atoms with Crippen LogP contribution in [0.4, 0.5) is 10.5 Å². The van der Waals surface area contributed by atoms with Crippen LogP contribution in [0.5, 0.6) is 0 Å². The second kappa shape index (κ2) is 7.73. The minimum Gasteiger partial charge on any atom is -0.343 e. The van der Waals surface area contributed by atoms with Crippen molar-refractivity contribution >= 4 is 29.0 Å². The van der Waals surface area contributed by atoms with E-state index < -0.39 is 0 Å². The summed E-state index contributed by atoms with van der Waals surface area (Å²) in [7, 11) is 3.31. The molecule has 1 atom stereocenters. The van der Waals surface area contributed by atoms with E-state index in [9.17, 15) is 9.59 Å². The first-order valence-corrected chi connectivity index (χ1v) is 8.11. The Morgan fingerprint density at radius 1 is 1.35 bits per heavy atom. The number of hydrogen-bond acceptors (Lipinski definition) is 4. The normalized spacial score (nSPS) is 11.6. The van der Waals surface area contributed by atoms with Gasteiger partial charge in [-0.1, -0.05) is 13.0 Å². The van der Waals surface area contributed by atoms with Crippen molar-refractivity contribution < 1.29 is 9.59 Å². The fraction of sp³-hybridized carbons (Fsp3) is 0.312. The second-order valence-corrected chi connectivity index (χ2v) is 6.36. The molecule has 0 radical (unpaired) electrons. The summed E-state index contributed by atoms with van der Waals surface area (Å²) in [5, 5.41) is 7.57. The van der Waals surface area contributed by atoms with Crippen molar-refractivity contribution in [3.63, 3.8) is 0 Å². The first kappa shape index (κ1) is 17.0. The molecule has 3 amide bonds. The molecule has 2 aromatic rings. The Hall–Kier alpha value is -2.41. The first-order valence-electron chi connectivity index (χ1n) is 7.23. The molecule has 6 nitrogen and oxygen atoms in total. The number of pyridine rings is 1. The summed E-state index contributed by atoms with van der Waals surface area (Å²) in [4.78, 5) is 30.5. The third-order valence-electron chi connectivity index (χ3n) is 3.24. The van der Waals surface area contributed by atoms with Crippen LogP contribution in [0.25, 0.3) is 0 Å². The van der Waals surface area contributed by atoms with Gasteiger partial charge in [0.25, 0.3) is 5.91 Å². The Kier molecular flexibility index (Phi) is 5.70. The first-order chi connectivity index (χ1) is 11.0. The van der Waals surface area contributed by atoms with Crippen LogP contribution in [-0.4, -0.2) is 42.5 Å². The summed E-state index contributed by atoms with van der Waals surface area (Å²) >= 11 is 1.67. The third-order valence-corrected chi connectivity index (χ3v) is 4.34. The van der Waals surface area contributed by atoms with Crippen LogP contribution in [0.15, 0.2) is 35.8 Å². The van der Waals surface area contributed by atoms with E-state index in [2.05, 4.69) is 28.6 Å². The van der Waals surface area contributed by atoms with E-state index in [1.165, 1.54) is 16.0 Å². The van der Waals surface area contributed by atoms with Crippen LogP contribution in [0.2, 0.25) is 0 Å². The summed E-state index contributed by atoms with van der Waals surface area (Å²) in [6, 6.07) is 6.95. The lowest BCUT2D eigenvalue weighted by molar-refractivity contribution is 0.0822. The van der Waals surface area contributed by atoms with E-state index in [4.69, 9.17) is 0 Å². The third kappa shape index (κ3) is 4.79. The smallest absolute Gasteiger partial charge is 0.319 e. The summed E-state index contributed by atoms with van der Waals surface area (Å²) in [5.74, 6) is 0.0458. The molecule has 0 aliphatic rings. The van der Waals surface area contributed by atoms with Gasteiger partial charge < -0.3 is 15.5 Å². The molecule has 0 spiro atoms. The molecule has 2 rings (SSSR count). The molecule has 7 heteroatoms. The zero-order chi connectivity index (χ0) is 16.8. The van der Waals surface area contributed by atoms with Gasteiger partial charge in [0.2, 0.25) is 0 Å². The number of aromatic nitrogens is 1. The molecule has 0 aliphatic carbocycles. The number of anilines is 1. The minimum absolute atomic E-state index is 0.208. The van der Waals surface area contributed by atoms with Gasteiger partial charge in [0.1, 0.15) is 5.69 Å². The van der Waals surface area contributed by atoms with Gasteiger partial charge in [-0.25, -0.2) is 4.79 Å². The summed E-state index contributed by atoms with van der Waals surface area (Å²) in [6.07, 6.45) is 1.50. The van der Waals surface area contributed by atoms with E-state index in [-0.39, 0.29) is 17.9 Å². The van der Waals surface area contributed by atoms with Gasteiger partial charge >= 0.3 is 6.03 Å². The second-order valence-electron chi connectivity index (χ2n) is 5.38. The van der Waals surface area contributed by atoms with Gasteiger partial charge in [-0.05, 0) is 23.6 Å². The van der Waals surface area contributed by atoms with E-state index >= 15 is 0 Å². The van der Waals surface area contributed by atoms with Gasteiger partial charge in [-0.2, -0.15) is 0 Å². The molecule has 0 aliphatic heterocycles. The van der Waals surface area contributed by atoms with Crippen molar-refractivity contribution in [1.82, 2.24) is 15.2 Å². The number of thiophene rings is 1. The van der Waals surface area contributed by atoms with Crippen molar-refractivity contribution in [2.45, 2.75) is 12.8 Å². The quantitative estimate of drug-likeness (QED) is 0.884. The number of nitrogens with zero attached hydrogens (tertiary/aromatic N) is 2. The largest absolute Gasteiger partial charge is 0.343 e. The highest BCUT2D eigenvalue weighted by atomic mass is 32.1. The molecule has 0 bridgehead atoms. The Bertz CT molecular complexity index is 670. The highest BCUT2D eigenvalue weighted by molar-refractivity contribution is 7.10. The molecule has 0 saturated carbocycles. The molecule has 2 aromatic heterocycles. The van der Waals surface area contributed by atoms with Crippen LogP contribution in [0.3, 0.4) is 0 Å². The lowest BCUT2D eigenvalue weighted by atomic mass is 10.1. The average molecular weight is 332 g/mol. The van der Waals surface area contributed by atoms with Crippen LogP contribution < -0.4 is 10.6 Å². The minimum atomic E-state index is -0.303. The maximum absolute atomic E-state index is 12.0. The molecular formula is C16H20N4O2S. The zero-order valence-corrected chi connectivity index (χ0v) is 14.2. The van der Waals surface area contributed by atoms with Crippen LogP contribution in [0, 0.1) is 0 Å². The highest BCUT2D eigenvalue weighted by Gasteiger charge is 2.12. The molecule has 0 aromatic carbocycles. The monoisotopic (exact) mass is 332 g/mol.